The molecule has 0 rings (SSSR count). The van der Waals surface area contributed by atoms with Crippen LogP contribution < -0.4 is 0 Å². The third kappa shape index (κ3) is 31.3. The van der Waals surface area contributed by atoms with E-state index in [1.54, 1.807) is 13.8 Å². The Hall–Kier alpha value is -1.36. The van der Waals surface area contributed by atoms with Crippen LogP contribution in [0.3, 0.4) is 0 Å². The lowest BCUT2D eigenvalue weighted by Crippen LogP contribution is -2.01. The summed E-state index contributed by atoms with van der Waals surface area (Å²) in [5.74, 6) is -0.479. The minimum absolute atomic E-state index is 0.132. The molecule has 0 bridgehead atoms. The molecule has 0 aliphatic rings. The molecule has 0 unspecified atom stereocenters. The summed E-state index contributed by atoms with van der Waals surface area (Å²) in [5, 5.41) is 0. The Morgan fingerprint density at radius 3 is 1.76 bits per heavy atom. The van der Waals surface area contributed by atoms with Crippen LogP contribution in [0.15, 0.2) is 31.0 Å². The first-order valence-electron chi connectivity index (χ1n) is 4.64. The average molecular weight is 264 g/mol. The van der Waals surface area contributed by atoms with Gasteiger partial charge < -0.3 is 4.74 Å². The van der Waals surface area contributed by atoms with Gasteiger partial charge in [-0.05, 0) is 13.3 Å². The summed E-state index contributed by atoms with van der Waals surface area (Å²) in [5.41, 5.74) is 2.68. The van der Waals surface area contributed by atoms with E-state index in [2.05, 4.69) is 30.2 Å². The first kappa shape index (κ1) is 21.0. The molecule has 0 radical (unpaired) electrons. The minimum atomic E-state index is -3.67. The summed E-state index contributed by atoms with van der Waals surface area (Å²) in [7, 11) is -2.34. The van der Waals surface area contributed by atoms with Crippen LogP contribution in [0, 0.1) is 0 Å². The second-order valence-corrected chi connectivity index (χ2v) is 4.38. The summed E-state index contributed by atoms with van der Waals surface area (Å²) in [6, 6.07) is 0. The predicted octanol–water partition coefficient (Wildman–Crippen LogP) is 1.98. The monoisotopic (exact) mass is 264 g/mol. The molecule has 0 atom stereocenters. The molecule has 0 aromatic heterocycles. The Morgan fingerprint density at radius 1 is 1.41 bits per heavy atom. The topological polar surface area (TPSA) is 80.7 Å². The fourth-order valence-corrected chi connectivity index (χ4v) is 0.948. The molecule has 0 saturated heterocycles. The molecule has 0 spiro atoms. The zero-order chi connectivity index (χ0) is 14.5. The zero-order valence-electron chi connectivity index (χ0n) is 10.5. The molecule has 100 valence electrons. The Balaban J connectivity index is -0.000000188. The quantitative estimate of drug-likeness (QED) is 0.365. The Labute approximate surface area is 103 Å². The Morgan fingerprint density at radius 2 is 1.76 bits per heavy atom. The maximum Gasteiger partial charge on any atom is 0.332 e. The zero-order valence-corrected chi connectivity index (χ0v) is 11.3. The number of esters is 1. The number of carbonyl (C=O) groups is 1. The molecule has 0 aromatic rings. The van der Waals surface area contributed by atoms with Crippen LogP contribution >= 0.6 is 0 Å². The highest BCUT2D eigenvalue weighted by Gasteiger charge is 1.98. The van der Waals surface area contributed by atoms with Gasteiger partial charge in [-0.2, -0.15) is 8.42 Å². The summed E-state index contributed by atoms with van der Waals surface area (Å²) >= 11 is 0. The highest BCUT2D eigenvalue weighted by Crippen LogP contribution is 1.87. The molecule has 17 heavy (non-hydrogen) atoms. The van der Waals surface area contributed by atoms with E-state index in [0.717, 1.165) is 0 Å². The van der Waals surface area contributed by atoms with Crippen molar-refractivity contribution >= 4 is 16.1 Å². The molecule has 0 aliphatic carbocycles. The van der Waals surface area contributed by atoms with Gasteiger partial charge in [-0.25, -0.2) is 4.79 Å². The van der Waals surface area contributed by atoms with Crippen molar-refractivity contribution in [3.8, 4) is 0 Å². The van der Waals surface area contributed by atoms with Crippen molar-refractivity contribution in [1.29, 1.82) is 0 Å². The maximum absolute atomic E-state index is 10.2. The van der Waals surface area contributed by atoms with E-state index in [-0.39, 0.29) is 11.7 Å². The van der Waals surface area contributed by atoms with Gasteiger partial charge in [0, 0.05) is 5.57 Å². The third-order valence-corrected chi connectivity index (χ3v) is 1.92. The van der Waals surface area contributed by atoms with Gasteiger partial charge in [0.2, 0.25) is 0 Å². The third-order valence-electron chi connectivity index (χ3n) is 0.996. The fourth-order valence-electron chi connectivity index (χ4n) is 0.432. The number of hydrogen-bond donors (Lipinski definition) is 1. The fraction of sp³-hybridized carbons (Fsp3) is 0.455. The van der Waals surface area contributed by atoms with Gasteiger partial charge in [-0.3, -0.25) is 4.55 Å². The lowest BCUT2D eigenvalue weighted by Gasteiger charge is -1.91. The van der Waals surface area contributed by atoms with Crippen LogP contribution in [0.4, 0.5) is 0 Å². The van der Waals surface area contributed by atoms with Crippen molar-refractivity contribution in [2.24, 2.45) is 0 Å². The summed E-state index contributed by atoms with van der Waals surface area (Å²) in [6.45, 7) is 12.9. The van der Waals surface area contributed by atoms with Crippen LogP contribution in [0.2, 0.25) is 0 Å². The molecule has 0 saturated carbocycles. The van der Waals surface area contributed by atoms with E-state index in [1.807, 2.05) is 0 Å². The van der Waals surface area contributed by atoms with E-state index in [9.17, 15) is 13.2 Å². The van der Waals surface area contributed by atoms with Gasteiger partial charge in [0.05, 0.1) is 12.9 Å². The molecule has 0 aliphatic heterocycles. The predicted molar refractivity (Wildman–Crippen MR) is 68.3 cm³/mol. The van der Waals surface area contributed by atoms with Crippen molar-refractivity contribution in [3.05, 3.63) is 31.0 Å². The smallest absolute Gasteiger partial charge is 0.332 e. The van der Waals surface area contributed by atoms with Crippen molar-refractivity contribution in [2.75, 3.05) is 12.9 Å². The first-order chi connectivity index (χ1) is 7.66. The highest BCUT2D eigenvalue weighted by atomic mass is 32.2. The van der Waals surface area contributed by atoms with Crippen LogP contribution in [0.25, 0.3) is 0 Å². The van der Waals surface area contributed by atoms with Crippen molar-refractivity contribution in [3.63, 3.8) is 0 Å². The van der Waals surface area contributed by atoms with E-state index in [4.69, 9.17) is 4.55 Å². The summed E-state index contributed by atoms with van der Waals surface area (Å²) in [4.78, 5) is 10.2. The lowest BCUT2D eigenvalue weighted by atomic mass is 10.4. The van der Waals surface area contributed by atoms with Crippen molar-refractivity contribution in [1.82, 2.24) is 0 Å². The molecule has 0 amide bonds. The van der Waals surface area contributed by atoms with Crippen LogP contribution in [-0.2, 0) is 19.6 Å². The maximum atomic E-state index is 10.2. The standard InChI is InChI=1S/C5H8O2.C3H8O3S.C3H4/c1-4(2)5(6)7-3;1-2-3-7(4,5)6;1-3-2/h1H2,2-3H3;2-3H2,1H3,(H,4,5,6);1-2H2. The van der Waals surface area contributed by atoms with Crippen molar-refractivity contribution < 1.29 is 22.5 Å². The van der Waals surface area contributed by atoms with Gasteiger partial charge >= 0.3 is 5.97 Å². The van der Waals surface area contributed by atoms with E-state index >= 15 is 0 Å². The Bertz CT molecular complexity index is 348. The first-order valence-corrected chi connectivity index (χ1v) is 6.25. The van der Waals surface area contributed by atoms with E-state index in [1.165, 1.54) is 7.11 Å². The number of methoxy groups -OCH3 is 1. The summed E-state index contributed by atoms with van der Waals surface area (Å²) < 4.78 is 31.8. The van der Waals surface area contributed by atoms with Gasteiger partial charge in [-0.1, -0.05) is 26.7 Å². The Kier molecular flexibility index (Phi) is 15.7. The number of carbonyl (C=O) groups excluding carboxylic acids is 1. The lowest BCUT2D eigenvalue weighted by molar-refractivity contribution is -0.136. The normalized spacial score (nSPS) is 8.47. The van der Waals surface area contributed by atoms with Gasteiger partial charge in [0.1, 0.15) is 0 Å². The summed E-state index contributed by atoms with van der Waals surface area (Å²) in [6.07, 6.45) is 0.471. The molecule has 6 heteroatoms. The van der Waals surface area contributed by atoms with Gasteiger partial charge in [-0.15, -0.1) is 5.73 Å². The molecule has 5 nitrogen and oxygen atoms in total. The average Bonchev–Trinajstić information content (AvgIpc) is 2.16. The van der Waals surface area contributed by atoms with Crippen LogP contribution in [0.5, 0.6) is 0 Å². The molecular formula is C11H20O5S. The molecule has 0 fully saturated rings. The molecule has 0 aromatic carbocycles. The second-order valence-electron chi connectivity index (χ2n) is 2.81. The van der Waals surface area contributed by atoms with Gasteiger partial charge in [0.15, 0.2) is 0 Å². The largest absolute Gasteiger partial charge is 0.466 e. The van der Waals surface area contributed by atoms with E-state index in [0.29, 0.717) is 12.0 Å². The SMILES string of the molecule is C=C(C)C(=O)OC.C=C=C.CCCS(=O)(=O)O. The number of hydrogen-bond acceptors (Lipinski definition) is 4. The second kappa shape index (κ2) is 12.7. The molecular weight excluding hydrogens is 244 g/mol. The highest BCUT2D eigenvalue weighted by molar-refractivity contribution is 7.85. The molecule has 0 heterocycles. The van der Waals surface area contributed by atoms with Crippen molar-refractivity contribution in [2.45, 2.75) is 20.3 Å². The number of ether oxygens (including phenoxy) is 1. The van der Waals surface area contributed by atoms with Crippen LogP contribution in [0.1, 0.15) is 20.3 Å². The number of rotatable bonds is 3. The van der Waals surface area contributed by atoms with Crippen LogP contribution in [-0.4, -0.2) is 31.8 Å². The van der Waals surface area contributed by atoms with Gasteiger partial charge in [0.25, 0.3) is 10.1 Å². The molecule has 1 N–H and O–H groups in total. The van der Waals surface area contributed by atoms with E-state index < -0.39 is 10.1 Å². The minimum Gasteiger partial charge on any atom is -0.466 e.